The summed E-state index contributed by atoms with van der Waals surface area (Å²) < 4.78 is 16.2. The van der Waals surface area contributed by atoms with Gasteiger partial charge in [0.25, 0.3) is 5.91 Å². The van der Waals surface area contributed by atoms with Crippen molar-refractivity contribution in [2.75, 3.05) is 19.6 Å². The number of carbonyl (C=O) groups excluding carboxylic acids is 12. The van der Waals surface area contributed by atoms with Gasteiger partial charge in [-0.25, -0.2) is 9.36 Å². The van der Waals surface area contributed by atoms with Crippen LogP contribution in [0.4, 0.5) is 0 Å². The average molecular weight is 1270 g/mol. The molecule has 1 aromatic rings. The second-order valence-corrected chi connectivity index (χ2v) is 22.9. The van der Waals surface area contributed by atoms with Crippen LogP contribution in [0.5, 0.6) is 5.75 Å². The van der Waals surface area contributed by atoms with Crippen LogP contribution in [0.15, 0.2) is 24.3 Å². The maximum atomic E-state index is 14.6. The minimum absolute atomic E-state index is 0.00322. The number of quaternary nitrogens is 1. The van der Waals surface area contributed by atoms with E-state index in [1.54, 1.807) is 5.32 Å². The molecule has 3 aliphatic rings. The SMILES string of the molecule is CC(C)[C@H](NC(=O)[C@H](Cc1ccc(OP(=O)(O)O)cc1)NC(=O)[C@H](CCC(=O)O)NC(=O)[C@@H]1CCCN1C(=O)[C@H](CCC(N)=O)NC(=O)[C@@H]1CCC[NH2+]1)C(=O)N[C@@H](CC(N)=O)C(=O)N[C@@H](CCC(N)=O)C(=O)N1CCC[C@H]1C(=O)N[C@@H](CC(=O)O)C(=O)O. The number of amides is 12. The number of phosphoric ester groups is 1. The van der Waals surface area contributed by atoms with Crippen molar-refractivity contribution in [2.24, 2.45) is 23.1 Å². The van der Waals surface area contributed by atoms with E-state index in [2.05, 4.69) is 41.7 Å². The molecule has 88 heavy (non-hydrogen) atoms. The Morgan fingerprint density at radius 1 is 0.557 bits per heavy atom. The molecule has 20 N–H and O–H groups in total. The Morgan fingerprint density at radius 2 is 1.03 bits per heavy atom. The first-order chi connectivity index (χ1) is 41.2. The molecule has 0 bridgehead atoms. The summed E-state index contributed by atoms with van der Waals surface area (Å²) in [7, 11) is -5.06. The fourth-order valence-corrected chi connectivity index (χ4v) is 10.5. The van der Waals surface area contributed by atoms with Gasteiger partial charge in [0.05, 0.1) is 19.4 Å². The zero-order valence-corrected chi connectivity index (χ0v) is 49.1. The van der Waals surface area contributed by atoms with Crippen molar-refractivity contribution < 1.29 is 111 Å². The van der Waals surface area contributed by atoms with E-state index in [4.69, 9.17) is 22.3 Å². The van der Waals surface area contributed by atoms with Crippen molar-refractivity contribution in [3.63, 3.8) is 0 Å². The summed E-state index contributed by atoms with van der Waals surface area (Å²) in [6.07, 6.45) is -3.69. The summed E-state index contributed by atoms with van der Waals surface area (Å²) in [5.41, 5.74) is 16.4. The van der Waals surface area contributed by atoms with E-state index in [0.29, 0.717) is 13.0 Å². The van der Waals surface area contributed by atoms with Crippen LogP contribution in [0.2, 0.25) is 0 Å². The monoisotopic (exact) mass is 1270 g/mol. The van der Waals surface area contributed by atoms with Gasteiger partial charge in [-0.15, -0.1) is 0 Å². The molecule has 0 radical (unpaired) electrons. The normalized spacial score (nSPS) is 18.8. The summed E-state index contributed by atoms with van der Waals surface area (Å²) >= 11 is 0. The molecule has 3 heterocycles. The smallest absolute Gasteiger partial charge is 0.481 e. The van der Waals surface area contributed by atoms with Crippen molar-refractivity contribution in [1.29, 1.82) is 0 Å². The van der Waals surface area contributed by atoms with Gasteiger partial charge in [-0.3, -0.25) is 76.9 Å². The second kappa shape index (κ2) is 33.3. The van der Waals surface area contributed by atoms with Crippen LogP contribution in [-0.4, -0.2) is 204 Å². The molecule has 0 saturated carbocycles. The predicted molar refractivity (Wildman–Crippen MR) is 298 cm³/mol. The molecule has 0 aromatic heterocycles. The average Bonchev–Trinajstić information content (AvgIpc) is 4.22. The van der Waals surface area contributed by atoms with Crippen LogP contribution in [0.25, 0.3) is 0 Å². The molecule has 0 unspecified atom stereocenters. The topological polar surface area (TPSA) is 569 Å². The van der Waals surface area contributed by atoms with Crippen LogP contribution in [0.1, 0.15) is 109 Å². The highest BCUT2D eigenvalue weighted by Crippen LogP contribution is 2.37. The molecule has 35 nitrogen and oxygen atoms in total. The Kier molecular flexibility index (Phi) is 27.2. The Labute approximate surface area is 502 Å². The van der Waals surface area contributed by atoms with Crippen LogP contribution < -0.4 is 64.3 Å². The van der Waals surface area contributed by atoms with Gasteiger partial charge in [-0.2, -0.15) is 0 Å². The van der Waals surface area contributed by atoms with Gasteiger partial charge < -0.3 is 89.4 Å². The van der Waals surface area contributed by atoms with E-state index in [1.807, 2.05) is 0 Å². The first-order valence-electron chi connectivity index (χ1n) is 28.2. The standard InChI is InChI=1S/C52H76N13O22P/c1-25(2)42(49(79)61-33(23-39(55)68)45(75)59-31(14-17-38(54)67)51(81)65-21-5-8-36(65)48(78)62-34(52(82)83)24-41(71)72)63-46(76)32(22-26-9-11-27(12-10-26)87-88(84,85)86)60-44(74)29(15-18-40(69)70)57-47(77)35-7-4-20-64(35)50(80)30(13-16-37(53)66)58-43(73)28-6-3-19-56-28/h9-12,25,28-36,42,56H,3-8,13-24H2,1-2H3,(H2,53,66)(H2,54,67)(H2,55,68)(H,57,77)(H,58,73)(H,59,75)(H,60,74)(H,61,79)(H,62,78)(H,63,76)(H,69,70)(H,71,72)(H,82,83)(H2,84,85,86)/p+1/t28-,29-,30-,31-,32-,33-,34-,35-,36-,42-/m0/s1. The van der Waals surface area contributed by atoms with Gasteiger partial charge in [-0.1, -0.05) is 26.0 Å². The number of likely N-dealkylation sites (tertiary alicyclic amines) is 2. The number of phosphoric acid groups is 1. The molecule has 4 rings (SSSR count). The molecule has 486 valence electrons. The Balaban J connectivity index is 1.62. The number of benzene rings is 1. The number of primary amides is 3. The predicted octanol–water partition coefficient (Wildman–Crippen LogP) is -6.71. The number of hydrogen-bond donors (Lipinski definition) is 16. The van der Waals surface area contributed by atoms with Gasteiger partial charge in [0.15, 0.2) is 6.04 Å². The maximum Gasteiger partial charge on any atom is 0.524 e. The number of carboxylic acids is 3. The summed E-state index contributed by atoms with van der Waals surface area (Å²) in [6.45, 7) is 3.38. The second-order valence-electron chi connectivity index (χ2n) is 21.7. The van der Waals surface area contributed by atoms with Crippen molar-refractivity contribution in [2.45, 2.75) is 171 Å². The summed E-state index contributed by atoms with van der Waals surface area (Å²) in [5, 5.41) is 46.9. The number of rotatable bonds is 35. The molecule has 3 aliphatic heterocycles. The number of hydrogen-bond acceptors (Lipinski definition) is 17. The van der Waals surface area contributed by atoms with E-state index in [-0.39, 0.29) is 62.9 Å². The highest BCUT2D eigenvalue weighted by Gasteiger charge is 2.43. The molecule has 1 aromatic carbocycles. The Hall–Kier alpha value is -8.82. The van der Waals surface area contributed by atoms with Gasteiger partial charge in [-0.05, 0) is 68.6 Å². The number of carbonyl (C=O) groups is 15. The zero-order chi connectivity index (χ0) is 65.7. The summed E-state index contributed by atoms with van der Waals surface area (Å²) in [5.74, 6) is -17.7. The molecule has 3 saturated heterocycles. The Bertz CT molecular complexity index is 2850. The third kappa shape index (κ3) is 22.8. The lowest BCUT2D eigenvalue weighted by atomic mass is 9.99. The van der Waals surface area contributed by atoms with Crippen molar-refractivity contribution in [3.05, 3.63) is 29.8 Å². The van der Waals surface area contributed by atoms with Crippen LogP contribution in [0, 0.1) is 5.92 Å². The van der Waals surface area contributed by atoms with E-state index in [1.165, 1.54) is 26.0 Å². The van der Waals surface area contributed by atoms with Crippen LogP contribution >= 0.6 is 7.82 Å². The van der Waals surface area contributed by atoms with Gasteiger partial charge in [0, 0.05) is 51.6 Å². The van der Waals surface area contributed by atoms with Crippen LogP contribution in [-0.2, 0) is 82.9 Å². The highest BCUT2D eigenvalue weighted by atomic mass is 31.2. The van der Waals surface area contributed by atoms with Crippen molar-refractivity contribution >= 4 is 96.6 Å². The van der Waals surface area contributed by atoms with Gasteiger partial charge >= 0.3 is 25.7 Å². The molecule has 3 fully saturated rings. The maximum absolute atomic E-state index is 14.6. The lowest BCUT2D eigenvalue weighted by molar-refractivity contribution is -0.657. The Morgan fingerprint density at radius 3 is 1.50 bits per heavy atom. The summed E-state index contributed by atoms with van der Waals surface area (Å²) in [6, 6.07) is -10.5. The third-order valence-corrected chi connectivity index (χ3v) is 15.0. The van der Waals surface area contributed by atoms with Crippen LogP contribution in [0.3, 0.4) is 0 Å². The molecule has 0 aliphatic carbocycles. The van der Waals surface area contributed by atoms with Gasteiger partial charge in [0.2, 0.25) is 65.0 Å². The molecular formula is C52H77N13O22P+. The van der Waals surface area contributed by atoms with Gasteiger partial charge in [0.1, 0.15) is 60.1 Å². The fraction of sp³-hybridized carbons (Fsp3) is 0.596. The number of nitrogens with zero attached hydrogens (tertiary/aromatic N) is 2. The van der Waals surface area contributed by atoms with Crippen molar-refractivity contribution in [1.82, 2.24) is 47.0 Å². The fourth-order valence-electron chi connectivity index (χ4n) is 10.1. The molecule has 0 spiro atoms. The largest absolute Gasteiger partial charge is 0.524 e. The quantitative estimate of drug-likeness (QED) is 0.0281. The number of carboxylic acid groups (broad SMARTS) is 3. The van der Waals surface area contributed by atoms with E-state index < -0.39 is 208 Å². The number of nitrogens with one attached hydrogen (secondary N) is 7. The lowest BCUT2D eigenvalue weighted by Crippen LogP contribution is -2.89. The number of aliphatic carboxylic acids is 3. The first kappa shape index (κ1) is 71.7. The van der Waals surface area contributed by atoms with E-state index in [0.717, 1.165) is 28.4 Å². The first-order valence-corrected chi connectivity index (χ1v) is 29.7. The minimum atomic E-state index is -5.06. The van der Waals surface area contributed by atoms with E-state index in [9.17, 15) is 96.5 Å². The molecule has 10 atom stereocenters. The van der Waals surface area contributed by atoms with E-state index >= 15 is 0 Å². The molecule has 12 amide bonds. The molecule has 36 heteroatoms. The zero-order valence-electron chi connectivity index (χ0n) is 48.2. The lowest BCUT2D eigenvalue weighted by Gasteiger charge is -2.31. The number of nitrogens with two attached hydrogens (primary N) is 4. The minimum Gasteiger partial charge on any atom is -0.481 e. The summed E-state index contributed by atoms with van der Waals surface area (Å²) in [4.78, 5) is 218. The third-order valence-electron chi connectivity index (χ3n) is 14.6. The highest BCUT2D eigenvalue weighted by molar-refractivity contribution is 7.46. The molecular weight excluding hydrogens is 1190 g/mol. The van der Waals surface area contributed by atoms with Crippen molar-refractivity contribution in [3.8, 4) is 5.75 Å².